The van der Waals surface area contributed by atoms with E-state index in [1.165, 1.54) is 4.90 Å². The predicted octanol–water partition coefficient (Wildman–Crippen LogP) is 3.00. The van der Waals surface area contributed by atoms with Crippen molar-refractivity contribution >= 4 is 27.5 Å². The molecule has 0 fully saturated rings. The van der Waals surface area contributed by atoms with Crippen molar-refractivity contribution in [3.8, 4) is 0 Å². The molecule has 0 saturated heterocycles. The van der Waals surface area contributed by atoms with Crippen LogP contribution in [-0.4, -0.2) is 56.6 Å². The molecule has 180 valence electrons. The highest BCUT2D eigenvalue weighted by molar-refractivity contribution is 7.92. The summed E-state index contributed by atoms with van der Waals surface area (Å²) in [7, 11) is -3.71. The Labute approximate surface area is 197 Å². The first-order chi connectivity index (χ1) is 15.5. The summed E-state index contributed by atoms with van der Waals surface area (Å²) in [5, 5.41) is 2.84. The van der Waals surface area contributed by atoms with Gasteiger partial charge < -0.3 is 10.2 Å². The molecule has 2 aromatic carbocycles. The minimum absolute atomic E-state index is 0.0735. The van der Waals surface area contributed by atoms with Gasteiger partial charge in [0.2, 0.25) is 21.8 Å². The molecular formula is C25H35N3O4S. The molecule has 33 heavy (non-hydrogen) atoms. The topological polar surface area (TPSA) is 86.8 Å². The van der Waals surface area contributed by atoms with Gasteiger partial charge >= 0.3 is 0 Å². The van der Waals surface area contributed by atoms with Crippen LogP contribution in [0.2, 0.25) is 0 Å². The maximum absolute atomic E-state index is 13.4. The first-order valence-corrected chi connectivity index (χ1v) is 13.1. The molecule has 8 heteroatoms. The van der Waals surface area contributed by atoms with E-state index < -0.39 is 22.0 Å². The van der Waals surface area contributed by atoms with Gasteiger partial charge in [-0.3, -0.25) is 13.9 Å². The number of nitrogens with one attached hydrogen (secondary N) is 1. The summed E-state index contributed by atoms with van der Waals surface area (Å²) in [5.41, 5.74) is 2.52. The molecule has 1 atom stereocenters. The maximum Gasteiger partial charge on any atom is 0.244 e. The van der Waals surface area contributed by atoms with Crippen LogP contribution in [0.15, 0.2) is 54.6 Å². The van der Waals surface area contributed by atoms with Crippen LogP contribution in [-0.2, 0) is 32.5 Å². The Morgan fingerprint density at radius 2 is 1.55 bits per heavy atom. The fourth-order valence-corrected chi connectivity index (χ4v) is 4.34. The molecule has 0 bridgehead atoms. The Hall–Kier alpha value is -2.87. The third kappa shape index (κ3) is 7.89. The largest absolute Gasteiger partial charge is 0.352 e. The van der Waals surface area contributed by atoms with E-state index in [-0.39, 0.29) is 18.5 Å². The normalized spacial score (nSPS) is 12.3. The molecule has 0 saturated carbocycles. The first-order valence-electron chi connectivity index (χ1n) is 11.2. The van der Waals surface area contributed by atoms with Crippen molar-refractivity contribution in [3.05, 3.63) is 65.7 Å². The molecule has 7 nitrogen and oxygen atoms in total. The summed E-state index contributed by atoms with van der Waals surface area (Å²) in [5.74, 6) is -0.702. The van der Waals surface area contributed by atoms with Crippen molar-refractivity contribution < 1.29 is 18.0 Å². The van der Waals surface area contributed by atoms with Crippen LogP contribution in [0, 0.1) is 0 Å². The zero-order valence-electron chi connectivity index (χ0n) is 20.1. The molecular weight excluding hydrogens is 438 g/mol. The average Bonchev–Trinajstić information content (AvgIpc) is 2.77. The molecule has 2 aromatic rings. The summed E-state index contributed by atoms with van der Waals surface area (Å²) in [6.07, 6.45) is 2.46. The number of carbonyl (C=O) groups excluding carboxylic acids is 2. The molecule has 0 aliphatic carbocycles. The third-order valence-corrected chi connectivity index (χ3v) is 6.53. The van der Waals surface area contributed by atoms with Crippen LogP contribution in [0.25, 0.3) is 0 Å². The number of carbonyl (C=O) groups is 2. The van der Waals surface area contributed by atoms with Crippen molar-refractivity contribution in [1.29, 1.82) is 0 Å². The van der Waals surface area contributed by atoms with Gasteiger partial charge in [0.15, 0.2) is 0 Å². The number of hydrogen-bond acceptors (Lipinski definition) is 4. The number of hydrogen-bond donors (Lipinski definition) is 1. The summed E-state index contributed by atoms with van der Waals surface area (Å²) >= 11 is 0. The zero-order valence-corrected chi connectivity index (χ0v) is 20.9. The minimum atomic E-state index is -3.71. The van der Waals surface area contributed by atoms with Crippen molar-refractivity contribution in [2.24, 2.45) is 0 Å². The van der Waals surface area contributed by atoms with Gasteiger partial charge in [0, 0.05) is 12.6 Å². The highest BCUT2D eigenvalue weighted by Gasteiger charge is 2.29. The van der Waals surface area contributed by atoms with Gasteiger partial charge in [-0.05, 0) is 56.9 Å². The highest BCUT2D eigenvalue weighted by Crippen LogP contribution is 2.19. The monoisotopic (exact) mass is 473 g/mol. The molecule has 2 amide bonds. The van der Waals surface area contributed by atoms with Gasteiger partial charge in [-0.2, -0.15) is 0 Å². The second-order valence-corrected chi connectivity index (χ2v) is 10.4. The molecule has 0 radical (unpaired) electrons. The van der Waals surface area contributed by atoms with E-state index in [2.05, 4.69) is 5.32 Å². The predicted molar refractivity (Wildman–Crippen MR) is 133 cm³/mol. The molecule has 0 heterocycles. The standard InChI is InChI=1S/C25H35N3O4S/c1-6-21-12-14-23(15-13-21)28(33(5,31)32)18-24(29)27(20(4)25(30)26-19(2)3)17-16-22-10-8-7-9-11-22/h7-15,19-20H,6,16-18H2,1-5H3,(H,26,30). The molecule has 0 aliphatic heterocycles. The fraction of sp³-hybridized carbons (Fsp3) is 0.440. The lowest BCUT2D eigenvalue weighted by atomic mass is 10.1. The third-order valence-electron chi connectivity index (χ3n) is 5.39. The summed E-state index contributed by atoms with van der Waals surface area (Å²) < 4.78 is 26.2. The Balaban J connectivity index is 2.29. The van der Waals surface area contributed by atoms with E-state index >= 15 is 0 Å². The van der Waals surface area contributed by atoms with Gasteiger partial charge in [0.05, 0.1) is 11.9 Å². The smallest absolute Gasteiger partial charge is 0.244 e. The SMILES string of the molecule is CCc1ccc(N(CC(=O)N(CCc2ccccc2)C(C)C(=O)NC(C)C)S(C)(=O)=O)cc1. The van der Waals surface area contributed by atoms with E-state index in [9.17, 15) is 18.0 Å². The zero-order chi connectivity index (χ0) is 24.6. The summed E-state index contributed by atoms with van der Waals surface area (Å²) in [6.45, 7) is 7.31. The number of anilines is 1. The van der Waals surface area contributed by atoms with Crippen LogP contribution in [0.3, 0.4) is 0 Å². The molecule has 1 unspecified atom stereocenters. The first kappa shape index (κ1) is 26.4. The van der Waals surface area contributed by atoms with Crippen LogP contribution < -0.4 is 9.62 Å². The second kappa shape index (κ2) is 11.8. The van der Waals surface area contributed by atoms with Gasteiger partial charge in [-0.1, -0.05) is 49.4 Å². The van der Waals surface area contributed by atoms with Gasteiger partial charge in [-0.25, -0.2) is 8.42 Å². The molecule has 0 spiro atoms. The Kier molecular flexibility index (Phi) is 9.46. The Morgan fingerprint density at radius 1 is 0.939 bits per heavy atom. The number of benzene rings is 2. The van der Waals surface area contributed by atoms with Crippen molar-refractivity contribution in [2.75, 3.05) is 23.7 Å². The fourth-order valence-electron chi connectivity index (χ4n) is 3.49. The van der Waals surface area contributed by atoms with Gasteiger partial charge in [0.1, 0.15) is 12.6 Å². The van der Waals surface area contributed by atoms with E-state index in [4.69, 9.17) is 0 Å². The number of sulfonamides is 1. The Bertz CT molecular complexity index is 1020. The van der Waals surface area contributed by atoms with Crippen LogP contribution >= 0.6 is 0 Å². The molecule has 2 rings (SSSR count). The lowest BCUT2D eigenvalue weighted by Gasteiger charge is -2.32. The van der Waals surface area contributed by atoms with Crippen molar-refractivity contribution in [1.82, 2.24) is 10.2 Å². The van der Waals surface area contributed by atoms with E-state index in [1.807, 2.05) is 63.2 Å². The van der Waals surface area contributed by atoms with E-state index in [1.54, 1.807) is 19.1 Å². The lowest BCUT2D eigenvalue weighted by Crippen LogP contribution is -2.53. The Morgan fingerprint density at radius 3 is 2.06 bits per heavy atom. The average molecular weight is 474 g/mol. The van der Waals surface area contributed by atoms with Crippen molar-refractivity contribution in [2.45, 2.75) is 52.6 Å². The number of aryl methyl sites for hydroxylation is 1. The molecule has 0 aromatic heterocycles. The number of rotatable bonds is 11. The lowest BCUT2D eigenvalue weighted by molar-refractivity contribution is -0.139. The van der Waals surface area contributed by atoms with Gasteiger partial charge in [0.25, 0.3) is 0 Å². The number of nitrogens with zero attached hydrogens (tertiary/aromatic N) is 2. The summed E-state index contributed by atoms with van der Waals surface area (Å²) in [6, 6.07) is 16.0. The van der Waals surface area contributed by atoms with Gasteiger partial charge in [-0.15, -0.1) is 0 Å². The minimum Gasteiger partial charge on any atom is -0.352 e. The second-order valence-electron chi connectivity index (χ2n) is 8.45. The maximum atomic E-state index is 13.4. The van der Waals surface area contributed by atoms with Crippen LogP contribution in [0.5, 0.6) is 0 Å². The highest BCUT2D eigenvalue weighted by atomic mass is 32.2. The van der Waals surface area contributed by atoms with Crippen LogP contribution in [0.4, 0.5) is 5.69 Å². The van der Waals surface area contributed by atoms with Crippen molar-refractivity contribution in [3.63, 3.8) is 0 Å². The number of amides is 2. The summed E-state index contributed by atoms with van der Waals surface area (Å²) in [4.78, 5) is 27.5. The van der Waals surface area contributed by atoms with E-state index in [0.29, 0.717) is 18.7 Å². The quantitative estimate of drug-likeness (QED) is 0.544. The molecule has 0 aliphatic rings. The van der Waals surface area contributed by atoms with Crippen LogP contribution in [0.1, 0.15) is 38.8 Å². The van der Waals surface area contributed by atoms with E-state index in [0.717, 1.165) is 28.1 Å². The molecule has 1 N–H and O–H groups in total.